The van der Waals surface area contributed by atoms with Crippen molar-refractivity contribution >= 4 is 29.8 Å². The first-order valence-electron chi connectivity index (χ1n) is 12.8. The summed E-state index contributed by atoms with van der Waals surface area (Å²) in [5.41, 5.74) is 2.05. The van der Waals surface area contributed by atoms with Crippen LogP contribution in [-0.4, -0.2) is 32.1 Å². The van der Waals surface area contributed by atoms with Crippen LogP contribution in [0, 0.1) is 6.92 Å². The molecule has 0 saturated carbocycles. The van der Waals surface area contributed by atoms with Gasteiger partial charge in [-0.15, -0.1) is 0 Å². The molecule has 0 unspecified atom stereocenters. The number of esters is 1. The summed E-state index contributed by atoms with van der Waals surface area (Å²) in [6, 6.07) is 36.3. The van der Waals surface area contributed by atoms with Gasteiger partial charge in [0.1, 0.15) is 12.5 Å². The Hall–Kier alpha value is -3.67. The van der Waals surface area contributed by atoms with E-state index >= 15 is 0 Å². The highest BCUT2D eigenvalue weighted by Gasteiger charge is 2.53. The van der Waals surface area contributed by atoms with Gasteiger partial charge in [-0.1, -0.05) is 91.0 Å². The Kier molecular flexibility index (Phi) is 6.76. The van der Waals surface area contributed by atoms with Crippen LogP contribution < -0.4 is 20.3 Å². The largest absolute Gasteiger partial charge is 0.478 e. The first-order valence-corrected chi connectivity index (χ1v) is 14.7. The van der Waals surface area contributed by atoms with Gasteiger partial charge >= 0.3 is 5.97 Å². The second-order valence-corrected chi connectivity index (χ2v) is 13.7. The fourth-order valence-electron chi connectivity index (χ4n) is 5.71. The monoisotopic (exact) mass is 507 g/mol. The molecular weight excluding hydrogens is 474 g/mol. The van der Waals surface area contributed by atoms with Crippen LogP contribution in [0.1, 0.15) is 42.3 Å². The van der Waals surface area contributed by atoms with E-state index < -0.39 is 13.8 Å². The molecule has 1 aliphatic heterocycles. The van der Waals surface area contributed by atoms with E-state index in [-0.39, 0.29) is 5.97 Å². The molecule has 0 spiro atoms. The summed E-state index contributed by atoms with van der Waals surface area (Å²) in [6.45, 7) is 9.11. The molecule has 188 valence electrons. The molecule has 0 radical (unpaired) electrons. The summed E-state index contributed by atoms with van der Waals surface area (Å²) in [7, 11) is -2.81. The fraction of sp³-hybridized carbons (Fsp3) is 0.219. The molecule has 0 atom stereocenters. The Morgan fingerprint density at radius 2 is 1.35 bits per heavy atom. The maximum atomic E-state index is 12.8. The van der Waals surface area contributed by atoms with Gasteiger partial charge in [-0.05, 0) is 61.0 Å². The number of aryl methyl sites for hydroxylation is 1. The van der Waals surface area contributed by atoms with Crippen LogP contribution in [0.15, 0.2) is 103 Å². The molecule has 1 aliphatic rings. The predicted molar refractivity (Wildman–Crippen MR) is 151 cm³/mol. The lowest BCUT2D eigenvalue weighted by molar-refractivity contribution is 0.0523. The number of ether oxygens (including phenoxy) is 2. The van der Waals surface area contributed by atoms with E-state index in [1.54, 1.807) is 0 Å². The van der Waals surface area contributed by atoms with Gasteiger partial charge in [0.25, 0.3) is 0 Å². The highest BCUT2D eigenvalue weighted by atomic mass is 28.3. The van der Waals surface area contributed by atoms with Crippen LogP contribution >= 0.6 is 0 Å². The average molecular weight is 508 g/mol. The Bertz CT molecular complexity index is 1290. The number of rotatable bonds is 6. The smallest absolute Gasteiger partial charge is 0.338 e. The third-order valence-corrected chi connectivity index (χ3v) is 12.4. The van der Waals surface area contributed by atoms with E-state index in [2.05, 4.69) is 109 Å². The van der Waals surface area contributed by atoms with Gasteiger partial charge in [0.05, 0.1) is 12.2 Å². The van der Waals surface area contributed by atoms with Crippen molar-refractivity contribution in [3.05, 3.63) is 120 Å². The van der Waals surface area contributed by atoms with Crippen molar-refractivity contribution < 1.29 is 14.3 Å². The molecule has 0 N–H and O–H groups in total. The SMILES string of the molecule is CCOC(=O)c1cc(C)c2c(c1)C(C)(C)N([Si](c1ccccc1)(c1ccccc1)c1ccccc1)CO2. The summed E-state index contributed by atoms with van der Waals surface area (Å²) in [5, 5.41) is 3.85. The van der Waals surface area contributed by atoms with Crippen LogP contribution in [0.4, 0.5) is 0 Å². The van der Waals surface area contributed by atoms with Gasteiger partial charge in [0, 0.05) is 11.1 Å². The Morgan fingerprint density at radius 3 is 1.81 bits per heavy atom. The molecule has 0 aliphatic carbocycles. The Balaban J connectivity index is 1.80. The number of hydrogen-bond acceptors (Lipinski definition) is 4. The predicted octanol–water partition coefficient (Wildman–Crippen LogP) is 4.73. The van der Waals surface area contributed by atoms with E-state index in [1.807, 2.05) is 26.0 Å². The van der Waals surface area contributed by atoms with E-state index in [1.165, 1.54) is 15.6 Å². The standard InChI is InChI=1S/C32H33NO3Si/c1-5-35-31(34)25-21-24(2)30-29(22-25)32(3,4)33(23-36-30)37(26-15-9-6-10-16-26,27-17-11-7-12-18-27)28-19-13-8-14-20-28/h6-22H,5,23H2,1-4H3. The first-order chi connectivity index (χ1) is 17.9. The summed E-state index contributed by atoms with van der Waals surface area (Å²) in [5.74, 6) is 0.547. The van der Waals surface area contributed by atoms with Gasteiger partial charge in [-0.25, -0.2) is 4.79 Å². The molecule has 4 aromatic carbocycles. The van der Waals surface area contributed by atoms with Gasteiger partial charge < -0.3 is 9.47 Å². The zero-order valence-electron chi connectivity index (χ0n) is 21.9. The molecule has 4 aromatic rings. The van der Waals surface area contributed by atoms with Crippen LogP contribution in [-0.2, 0) is 10.3 Å². The molecule has 0 amide bonds. The molecule has 0 saturated heterocycles. The minimum atomic E-state index is -2.81. The van der Waals surface area contributed by atoms with Crippen molar-refractivity contribution in [2.24, 2.45) is 0 Å². The summed E-state index contributed by atoms with van der Waals surface area (Å²) in [4.78, 5) is 12.8. The zero-order valence-corrected chi connectivity index (χ0v) is 22.9. The lowest BCUT2D eigenvalue weighted by atomic mass is 9.89. The highest BCUT2D eigenvalue weighted by Crippen LogP contribution is 2.43. The molecule has 0 aromatic heterocycles. The van der Waals surface area contributed by atoms with Crippen molar-refractivity contribution in [2.45, 2.75) is 33.2 Å². The molecule has 5 heteroatoms. The third-order valence-electron chi connectivity index (χ3n) is 7.44. The van der Waals surface area contributed by atoms with E-state index in [4.69, 9.17) is 9.47 Å². The maximum absolute atomic E-state index is 12.8. The summed E-state index contributed by atoms with van der Waals surface area (Å²) < 4.78 is 14.5. The lowest BCUT2D eigenvalue weighted by Gasteiger charge is -2.53. The molecule has 37 heavy (non-hydrogen) atoms. The van der Waals surface area contributed by atoms with E-state index in [0.29, 0.717) is 18.9 Å². The quantitative estimate of drug-likeness (QED) is 0.215. The van der Waals surface area contributed by atoms with Crippen molar-refractivity contribution in [1.82, 2.24) is 4.57 Å². The number of carbonyl (C=O) groups excluding carboxylic acids is 1. The fourth-order valence-corrected chi connectivity index (χ4v) is 10.9. The van der Waals surface area contributed by atoms with Crippen molar-refractivity contribution in [2.75, 3.05) is 13.3 Å². The van der Waals surface area contributed by atoms with Crippen molar-refractivity contribution in [3.8, 4) is 5.75 Å². The van der Waals surface area contributed by atoms with E-state index in [9.17, 15) is 4.79 Å². The summed E-state index contributed by atoms with van der Waals surface area (Å²) >= 11 is 0. The van der Waals surface area contributed by atoms with Crippen LogP contribution in [0.5, 0.6) is 5.75 Å². The lowest BCUT2D eigenvalue weighted by Crippen LogP contribution is -2.81. The molecule has 0 fully saturated rings. The molecule has 0 bridgehead atoms. The Labute approximate surface area is 220 Å². The minimum absolute atomic E-state index is 0.306. The normalized spacial score (nSPS) is 14.9. The van der Waals surface area contributed by atoms with Gasteiger partial charge in [0.2, 0.25) is 8.24 Å². The number of fused-ring (bicyclic) bond motifs is 1. The minimum Gasteiger partial charge on any atom is -0.478 e. The zero-order chi connectivity index (χ0) is 26.0. The maximum Gasteiger partial charge on any atom is 0.338 e. The topological polar surface area (TPSA) is 38.8 Å². The summed E-state index contributed by atoms with van der Waals surface area (Å²) in [6.07, 6.45) is 0. The highest BCUT2D eigenvalue weighted by molar-refractivity contribution is 7.09. The van der Waals surface area contributed by atoms with Crippen molar-refractivity contribution in [1.29, 1.82) is 0 Å². The second-order valence-electron chi connectivity index (χ2n) is 9.96. The van der Waals surface area contributed by atoms with Gasteiger partial charge in [-0.2, -0.15) is 0 Å². The second kappa shape index (κ2) is 10.00. The van der Waals surface area contributed by atoms with Crippen LogP contribution in [0.2, 0.25) is 0 Å². The van der Waals surface area contributed by atoms with Gasteiger partial charge in [-0.3, -0.25) is 4.57 Å². The number of nitrogens with zero attached hydrogens (tertiary/aromatic N) is 1. The molecular formula is C32H33NO3Si. The number of benzene rings is 4. The third kappa shape index (κ3) is 4.18. The van der Waals surface area contributed by atoms with E-state index in [0.717, 1.165) is 16.9 Å². The van der Waals surface area contributed by atoms with Crippen molar-refractivity contribution in [3.63, 3.8) is 0 Å². The number of hydrogen-bond donors (Lipinski definition) is 0. The molecule has 5 rings (SSSR count). The average Bonchev–Trinajstić information content (AvgIpc) is 2.92. The van der Waals surface area contributed by atoms with Crippen LogP contribution in [0.25, 0.3) is 0 Å². The van der Waals surface area contributed by atoms with Crippen LogP contribution in [0.3, 0.4) is 0 Å². The molecule has 4 nitrogen and oxygen atoms in total. The molecule has 1 heterocycles. The number of carbonyl (C=O) groups is 1. The van der Waals surface area contributed by atoms with Gasteiger partial charge in [0.15, 0.2) is 0 Å². The first kappa shape index (κ1) is 25.0. The Morgan fingerprint density at radius 1 is 0.865 bits per heavy atom.